The Morgan fingerprint density at radius 1 is 1.47 bits per heavy atom. The monoisotopic (exact) mass is 213 g/mol. The lowest BCUT2D eigenvalue weighted by Crippen LogP contribution is -2.44. The van der Waals surface area contributed by atoms with Crippen LogP contribution >= 0.6 is 0 Å². The summed E-state index contributed by atoms with van der Waals surface area (Å²) >= 11 is 0. The third-order valence-corrected chi connectivity index (χ3v) is 3.15. The first-order chi connectivity index (χ1) is 6.89. The van der Waals surface area contributed by atoms with Crippen molar-refractivity contribution in [3.63, 3.8) is 0 Å². The van der Waals surface area contributed by atoms with Crippen LogP contribution in [0.3, 0.4) is 0 Å². The lowest BCUT2D eigenvalue weighted by atomic mass is 9.82. The molecule has 0 aromatic rings. The molecule has 0 aromatic carbocycles. The summed E-state index contributed by atoms with van der Waals surface area (Å²) in [5, 5.41) is 12.3. The van der Waals surface area contributed by atoms with E-state index in [-0.39, 0.29) is 5.91 Å². The zero-order valence-electron chi connectivity index (χ0n) is 10.0. The van der Waals surface area contributed by atoms with Crippen LogP contribution in [0.2, 0.25) is 0 Å². The summed E-state index contributed by atoms with van der Waals surface area (Å²) < 4.78 is 0. The van der Waals surface area contributed by atoms with Crippen molar-refractivity contribution in [1.29, 1.82) is 0 Å². The van der Waals surface area contributed by atoms with E-state index in [9.17, 15) is 9.90 Å². The lowest BCUT2D eigenvalue weighted by Gasteiger charge is -2.27. The Balaban J connectivity index is 2.28. The highest BCUT2D eigenvalue weighted by atomic mass is 16.3. The van der Waals surface area contributed by atoms with E-state index in [1.807, 2.05) is 0 Å². The number of hydrogen-bond donors (Lipinski definition) is 2. The van der Waals surface area contributed by atoms with E-state index in [1.54, 1.807) is 0 Å². The molecule has 0 radical (unpaired) electrons. The Bertz CT molecular complexity index is 220. The molecule has 2 N–H and O–H groups in total. The van der Waals surface area contributed by atoms with Crippen molar-refractivity contribution < 1.29 is 9.90 Å². The van der Waals surface area contributed by atoms with Gasteiger partial charge in [-0.05, 0) is 38.5 Å². The van der Waals surface area contributed by atoms with Gasteiger partial charge >= 0.3 is 0 Å². The fraction of sp³-hybridized carbons (Fsp3) is 0.917. The van der Waals surface area contributed by atoms with Crippen molar-refractivity contribution in [2.45, 2.75) is 52.1 Å². The Morgan fingerprint density at radius 2 is 2.13 bits per heavy atom. The van der Waals surface area contributed by atoms with Gasteiger partial charge in [-0.25, -0.2) is 0 Å². The van der Waals surface area contributed by atoms with Crippen molar-refractivity contribution in [2.24, 2.45) is 11.8 Å². The van der Waals surface area contributed by atoms with Crippen LogP contribution in [0.5, 0.6) is 0 Å². The summed E-state index contributed by atoms with van der Waals surface area (Å²) in [4.78, 5) is 11.4. The number of rotatable bonds is 3. The minimum Gasteiger partial charge on any atom is -0.381 e. The maximum absolute atomic E-state index is 11.4. The molecule has 3 heteroatoms. The van der Waals surface area contributed by atoms with Gasteiger partial charge in [0, 0.05) is 6.54 Å². The van der Waals surface area contributed by atoms with Gasteiger partial charge in [0.1, 0.15) is 5.60 Å². The predicted octanol–water partition coefficient (Wildman–Crippen LogP) is 1.70. The van der Waals surface area contributed by atoms with E-state index >= 15 is 0 Å². The molecule has 1 aliphatic rings. The van der Waals surface area contributed by atoms with Crippen molar-refractivity contribution in [3.8, 4) is 0 Å². The molecule has 15 heavy (non-hydrogen) atoms. The minimum atomic E-state index is -1.25. The average molecular weight is 213 g/mol. The first-order valence-corrected chi connectivity index (χ1v) is 5.90. The van der Waals surface area contributed by atoms with E-state index in [1.165, 1.54) is 39.5 Å². The molecule has 1 rings (SSSR count). The van der Waals surface area contributed by atoms with Gasteiger partial charge in [0.05, 0.1) is 0 Å². The number of carbonyl (C=O) groups excluding carboxylic acids is 1. The quantitative estimate of drug-likeness (QED) is 0.749. The van der Waals surface area contributed by atoms with Crippen LogP contribution in [0.1, 0.15) is 46.5 Å². The molecule has 1 saturated carbocycles. The SMILES string of the molecule is CC1CCCC(CNC(=O)C(C)(C)O)C1. The van der Waals surface area contributed by atoms with Crippen LogP contribution in [0.4, 0.5) is 0 Å². The van der Waals surface area contributed by atoms with Crippen LogP contribution in [-0.2, 0) is 4.79 Å². The zero-order chi connectivity index (χ0) is 11.5. The standard InChI is InChI=1S/C12H23NO2/c1-9-5-4-6-10(7-9)8-13-11(14)12(2,3)15/h9-10,15H,4-8H2,1-3H3,(H,13,14). The molecule has 1 fully saturated rings. The molecule has 1 amide bonds. The maximum Gasteiger partial charge on any atom is 0.251 e. The Hall–Kier alpha value is -0.570. The average Bonchev–Trinajstić information content (AvgIpc) is 2.12. The molecule has 1 aliphatic carbocycles. The van der Waals surface area contributed by atoms with Gasteiger partial charge in [-0.15, -0.1) is 0 Å². The molecule has 0 bridgehead atoms. The largest absolute Gasteiger partial charge is 0.381 e. The highest BCUT2D eigenvalue weighted by molar-refractivity contribution is 5.83. The zero-order valence-corrected chi connectivity index (χ0v) is 10.0. The number of hydrogen-bond acceptors (Lipinski definition) is 2. The van der Waals surface area contributed by atoms with Crippen LogP contribution in [0.15, 0.2) is 0 Å². The third kappa shape index (κ3) is 4.20. The summed E-state index contributed by atoms with van der Waals surface area (Å²) in [6, 6.07) is 0. The second-order valence-corrected chi connectivity index (χ2v) is 5.41. The summed E-state index contributed by atoms with van der Waals surface area (Å²) in [5.74, 6) is 1.11. The predicted molar refractivity (Wildman–Crippen MR) is 60.4 cm³/mol. The number of carbonyl (C=O) groups is 1. The van der Waals surface area contributed by atoms with E-state index in [2.05, 4.69) is 12.2 Å². The first kappa shape index (κ1) is 12.5. The van der Waals surface area contributed by atoms with Gasteiger partial charge < -0.3 is 10.4 Å². The fourth-order valence-electron chi connectivity index (χ4n) is 2.20. The van der Waals surface area contributed by atoms with E-state index < -0.39 is 5.60 Å². The van der Waals surface area contributed by atoms with Crippen molar-refractivity contribution >= 4 is 5.91 Å². The molecular weight excluding hydrogens is 190 g/mol. The van der Waals surface area contributed by atoms with E-state index in [4.69, 9.17) is 0 Å². The van der Waals surface area contributed by atoms with Gasteiger partial charge in [0.2, 0.25) is 0 Å². The van der Waals surface area contributed by atoms with Crippen LogP contribution < -0.4 is 5.32 Å². The molecule has 88 valence electrons. The summed E-state index contributed by atoms with van der Waals surface area (Å²) in [5.41, 5.74) is -1.25. The number of aliphatic hydroxyl groups is 1. The van der Waals surface area contributed by atoms with Crippen LogP contribution in [0.25, 0.3) is 0 Å². The van der Waals surface area contributed by atoms with Gasteiger partial charge in [-0.1, -0.05) is 19.8 Å². The second-order valence-electron chi connectivity index (χ2n) is 5.41. The second kappa shape index (κ2) is 4.97. The van der Waals surface area contributed by atoms with E-state index in [0.717, 1.165) is 5.92 Å². The summed E-state index contributed by atoms with van der Waals surface area (Å²) in [6.45, 7) is 6.02. The highest BCUT2D eigenvalue weighted by Crippen LogP contribution is 2.27. The highest BCUT2D eigenvalue weighted by Gasteiger charge is 2.25. The molecule has 0 aliphatic heterocycles. The summed E-state index contributed by atoms with van der Waals surface area (Å²) in [7, 11) is 0. The maximum atomic E-state index is 11.4. The van der Waals surface area contributed by atoms with Gasteiger partial charge in [0.25, 0.3) is 5.91 Å². The minimum absolute atomic E-state index is 0.263. The number of nitrogens with one attached hydrogen (secondary N) is 1. The smallest absolute Gasteiger partial charge is 0.251 e. The molecule has 0 heterocycles. The van der Waals surface area contributed by atoms with Gasteiger partial charge in [-0.3, -0.25) is 4.79 Å². The van der Waals surface area contributed by atoms with Crippen LogP contribution in [-0.4, -0.2) is 23.2 Å². The first-order valence-electron chi connectivity index (χ1n) is 5.90. The molecular formula is C12H23NO2. The Morgan fingerprint density at radius 3 is 2.67 bits per heavy atom. The van der Waals surface area contributed by atoms with Crippen molar-refractivity contribution in [3.05, 3.63) is 0 Å². The van der Waals surface area contributed by atoms with Gasteiger partial charge in [-0.2, -0.15) is 0 Å². The summed E-state index contributed by atoms with van der Waals surface area (Å²) in [6.07, 6.45) is 4.99. The molecule has 2 atom stereocenters. The normalized spacial score (nSPS) is 27.5. The lowest BCUT2D eigenvalue weighted by molar-refractivity contribution is -0.136. The molecule has 0 spiro atoms. The van der Waals surface area contributed by atoms with Gasteiger partial charge in [0.15, 0.2) is 0 Å². The van der Waals surface area contributed by atoms with E-state index in [0.29, 0.717) is 12.5 Å². The van der Waals surface area contributed by atoms with Crippen molar-refractivity contribution in [1.82, 2.24) is 5.32 Å². The Labute approximate surface area is 92.3 Å². The molecule has 0 aromatic heterocycles. The molecule has 3 nitrogen and oxygen atoms in total. The molecule has 0 saturated heterocycles. The number of amides is 1. The molecule has 2 unspecified atom stereocenters. The topological polar surface area (TPSA) is 49.3 Å². The third-order valence-electron chi connectivity index (χ3n) is 3.15. The fourth-order valence-corrected chi connectivity index (χ4v) is 2.20. The van der Waals surface area contributed by atoms with Crippen molar-refractivity contribution in [2.75, 3.05) is 6.54 Å². The Kier molecular flexibility index (Phi) is 4.14. The van der Waals surface area contributed by atoms with Crippen LogP contribution in [0, 0.1) is 11.8 Å².